The average molecular weight is 242 g/mol. The number of nitrogens with zero attached hydrogens (tertiary/aromatic N) is 1. The Morgan fingerprint density at radius 1 is 1.41 bits per heavy atom. The van der Waals surface area contributed by atoms with Crippen molar-refractivity contribution in [2.24, 2.45) is 17.1 Å². The van der Waals surface area contributed by atoms with Gasteiger partial charge in [-0.15, -0.1) is 0 Å². The van der Waals surface area contributed by atoms with Crippen molar-refractivity contribution in [2.75, 3.05) is 19.7 Å². The van der Waals surface area contributed by atoms with Gasteiger partial charge in [0.25, 0.3) is 0 Å². The zero-order chi connectivity index (χ0) is 13.1. The van der Waals surface area contributed by atoms with Gasteiger partial charge in [0.15, 0.2) is 0 Å². The number of nitrogens with two attached hydrogens (primary N) is 1. The van der Waals surface area contributed by atoms with Crippen molar-refractivity contribution in [1.29, 1.82) is 0 Å². The molecule has 1 aliphatic carbocycles. The predicted molar refractivity (Wildman–Crippen MR) is 72.9 cm³/mol. The fraction of sp³-hybridized carbons (Fsp3) is 1.00. The third-order valence-electron chi connectivity index (χ3n) is 4.37. The number of hydrogen-bond acceptors (Lipinski definition) is 3. The van der Waals surface area contributed by atoms with Gasteiger partial charge >= 0.3 is 0 Å². The van der Waals surface area contributed by atoms with E-state index in [0.29, 0.717) is 23.4 Å². The van der Waals surface area contributed by atoms with E-state index in [4.69, 9.17) is 10.8 Å². The van der Waals surface area contributed by atoms with Gasteiger partial charge in [0, 0.05) is 31.8 Å². The van der Waals surface area contributed by atoms with Crippen LogP contribution in [0.2, 0.25) is 0 Å². The molecule has 1 saturated carbocycles. The van der Waals surface area contributed by atoms with Crippen LogP contribution in [-0.4, -0.2) is 41.8 Å². The van der Waals surface area contributed by atoms with Crippen LogP contribution in [-0.2, 0) is 0 Å². The van der Waals surface area contributed by atoms with Gasteiger partial charge in [-0.2, -0.15) is 0 Å². The van der Waals surface area contributed by atoms with Crippen molar-refractivity contribution in [3.8, 4) is 0 Å². The van der Waals surface area contributed by atoms with Crippen molar-refractivity contribution in [3.63, 3.8) is 0 Å². The van der Waals surface area contributed by atoms with Crippen molar-refractivity contribution in [3.05, 3.63) is 0 Å². The molecule has 0 radical (unpaired) electrons. The highest BCUT2D eigenvalue weighted by atomic mass is 16.3. The second-order valence-corrected chi connectivity index (χ2v) is 6.48. The highest BCUT2D eigenvalue weighted by molar-refractivity contribution is 4.95. The summed E-state index contributed by atoms with van der Waals surface area (Å²) in [5.74, 6) is 0.617. The Balaban J connectivity index is 2.50. The molecule has 0 aromatic heterocycles. The van der Waals surface area contributed by atoms with Gasteiger partial charge in [-0.25, -0.2) is 0 Å². The molecule has 0 saturated heterocycles. The van der Waals surface area contributed by atoms with Gasteiger partial charge in [0.1, 0.15) is 0 Å². The molecule has 2 unspecified atom stereocenters. The fourth-order valence-corrected chi connectivity index (χ4v) is 2.88. The molecule has 3 N–H and O–H groups in total. The van der Waals surface area contributed by atoms with E-state index >= 15 is 0 Å². The van der Waals surface area contributed by atoms with E-state index < -0.39 is 0 Å². The molecule has 0 amide bonds. The molecular weight excluding hydrogens is 212 g/mol. The monoisotopic (exact) mass is 242 g/mol. The zero-order valence-corrected chi connectivity index (χ0v) is 11.9. The fourth-order valence-electron chi connectivity index (χ4n) is 2.88. The van der Waals surface area contributed by atoms with Gasteiger partial charge in [-0.1, -0.05) is 13.8 Å². The molecule has 0 aromatic carbocycles. The molecule has 0 aromatic rings. The quantitative estimate of drug-likeness (QED) is 0.747. The lowest BCUT2D eigenvalue weighted by atomic mass is 9.85. The van der Waals surface area contributed by atoms with E-state index in [1.807, 2.05) is 0 Å². The summed E-state index contributed by atoms with van der Waals surface area (Å²) in [6.07, 6.45) is 3.35. The highest BCUT2D eigenvalue weighted by Gasteiger charge is 2.39. The lowest BCUT2D eigenvalue weighted by Gasteiger charge is -2.33. The van der Waals surface area contributed by atoms with Gasteiger partial charge in [0.05, 0.1) is 0 Å². The largest absolute Gasteiger partial charge is 0.396 e. The summed E-state index contributed by atoms with van der Waals surface area (Å²) in [7, 11) is 0. The van der Waals surface area contributed by atoms with E-state index in [1.54, 1.807) is 0 Å². The number of aliphatic hydroxyl groups is 1. The molecule has 17 heavy (non-hydrogen) atoms. The van der Waals surface area contributed by atoms with Crippen molar-refractivity contribution >= 4 is 0 Å². The summed E-state index contributed by atoms with van der Waals surface area (Å²) in [5, 5.41) is 8.94. The molecule has 1 aliphatic rings. The van der Waals surface area contributed by atoms with Crippen LogP contribution in [0.3, 0.4) is 0 Å². The summed E-state index contributed by atoms with van der Waals surface area (Å²) in [4.78, 5) is 2.46. The predicted octanol–water partition coefficient (Wildman–Crippen LogP) is 1.84. The van der Waals surface area contributed by atoms with Gasteiger partial charge in [-0.3, -0.25) is 0 Å². The first-order valence-electron chi connectivity index (χ1n) is 6.99. The van der Waals surface area contributed by atoms with Crippen LogP contribution in [0.5, 0.6) is 0 Å². The van der Waals surface area contributed by atoms with Gasteiger partial charge in [-0.05, 0) is 44.4 Å². The molecule has 2 atom stereocenters. The Hall–Kier alpha value is -0.120. The first-order valence-corrected chi connectivity index (χ1v) is 6.99. The SMILES string of the molecule is CC(C)N(CCCO)CC1CCC(C)(C)C1N. The van der Waals surface area contributed by atoms with Crippen LogP contribution >= 0.6 is 0 Å². The zero-order valence-electron chi connectivity index (χ0n) is 11.9. The first-order chi connectivity index (χ1) is 7.88. The lowest BCUT2D eigenvalue weighted by molar-refractivity contribution is 0.155. The minimum atomic E-state index is 0.283. The van der Waals surface area contributed by atoms with Gasteiger partial charge in [0.2, 0.25) is 0 Å². The summed E-state index contributed by atoms with van der Waals surface area (Å²) in [6.45, 7) is 11.4. The molecule has 0 aliphatic heterocycles. The maximum atomic E-state index is 8.94. The molecule has 1 rings (SSSR count). The molecule has 0 heterocycles. The van der Waals surface area contributed by atoms with Crippen LogP contribution in [0.25, 0.3) is 0 Å². The molecule has 3 nitrogen and oxygen atoms in total. The second-order valence-electron chi connectivity index (χ2n) is 6.48. The number of aliphatic hydroxyl groups excluding tert-OH is 1. The van der Waals surface area contributed by atoms with Crippen LogP contribution in [0, 0.1) is 11.3 Å². The van der Waals surface area contributed by atoms with E-state index in [9.17, 15) is 0 Å². The molecule has 102 valence electrons. The third-order valence-corrected chi connectivity index (χ3v) is 4.37. The standard InChI is InChI=1S/C14H30N2O/c1-11(2)16(8-5-9-17)10-12-6-7-14(3,4)13(12)15/h11-13,17H,5-10,15H2,1-4H3. The average Bonchev–Trinajstić information content (AvgIpc) is 2.50. The maximum Gasteiger partial charge on any atom is 0.0443 e. The first kappa shape index (κ1) is 14.9. The Bertz CT molecular complexity index is 228. The van der Waals surface area contributed by atoms with E-state index in [0.717, 1.165) is 19.5 Å². The van der Waals surface area contributed by atoms with Crippen LogP contribution in [0.4, 0.5) is 0 Å². The van der Waals surface area contributed by atoms with E-state index in [-0.39, 0.29) is 6.61 Å². The molecular formula is C14H30N2O. The summed E-state index contributed by atoms with van der Waals surface area (Å²) < 4.78 is 0. The smallest absolute Gasteiger partial charge is 0.0443 e. The lowest BCUT2D eigenvalue weighted by Crippen LogP contribution is -2.44. The number of rotatable bonds is 6. The minimum absolute atomic E-state index is 0.283. The third kappa shape index (κ3) is 3.94. The topological polar surface area (TPSA) is 49.5 Å². The van der Waals surface area contributed by atoms with Crippen molar-refractivity contribution < 1.29 is 5.11 Å². The Morgan fingerprint density at radius 2 is 2.06 bits per heavy atom. The normalized spacial score (nSPS) is 28.2. The van der Waals surface area contributed by atoms with Gasteiger partial charge < -0.3 is 15.7 Å². The van der Waals surface area contributed by atoms with E-state index in [2.05, 4.69) is 32.6 Å². The van der Waals surface area contributed by atoms with Crippen molar-refractivity contribution in [1.82, 2.24) is 4.90 Å². The maximum absolute atomic E-state index is 8.94. The molecule has 3 heteroatoms. The molecule has 1 fully saturated rings. The Labute approximate surface area is 106 Å². The van der Waals surface area contributed by atoms with Crippen LogP contribution in [0.15, 0.2) is 0 Å². The Morgan fingerprint density at radius 3 is 2.47 bits per heavy atom. The molecule has 0 spiro atoms. The summed E-state index contributed by atoms with van der Waals surface area (Å²) in [6, 6.07) is 0.857. The number of hydrogen-bond donors (Lipinski definition) is 2. The highest BCUT2D eigenvalue weighted by Crippen LogP contribution is 2.40. The van der Waals surface area contributed by atoms with E-state index in [1.165, 1.54) is 12.8 Å². The van der Waals surface area contributed by atoms with Crippen LogP contribution in [0.1, 0.15) is 47.0 Å². The Kier molecular flexibility index (Phi) is 5.42. The summed E-state index contributed by atoms with van der Waals surface area (Å²) >= 11 is 0. The summed E-state index contributed by atoms with van der Waals surface area (Å²) in [5.41, 5.74) is 6.65. The molecule has 0 bridgehead atoms. The van der Waals surface area contributed by atoms with Crippen LogP contribution < -0.4 is 5.73 Å². The second kappa shape index (κ2) is 6.17. The minimum Gasteiger partial charge on any atom is -0.396 e. The van der Waals surface area contributed by atoms with Crippen molar-refractivity contribution in [2.45, 2.75) is 59.0 Å².